The van der Waals surface area contributed by atoms with Crippen LogP contribution < -0.4 is 0 Å². The van der Waals surface area contributed by atoms with Crippen molar-refractivity contribution in [1.82, 2.24) is 9.88 Å². The van der Waals surface area contributed by atoms with Crippen LogP contribution in [0.2, 0.25) is 0 Å². The van der Waals surface area contributed by atoms with Crippen LogP contribution >= 0.6 is 11.3 Å². The van der Waals surface area contributed by atoms with E-state index < -0.39 is 6.10 Å². The number of aliphatic hydroxyl groups is 1. The standard InChI is InChI=1S/C17H18N2O2S/c20-16(17-7-4-8-21-17)12-19(11-15-9-18-13-22-15)10-14-5-2-1-3-6-14/h1-9,13,16,20H,10-12H2. The lowest BCUT2D eigenvalue weighted by Crippen LogP contribution is -2.27. The second-order valence-electron chi connectivity index (χ2n) is 5.15. The van der Waals surface area contributed by atoms with Crippen molar-refractivity contribution in [3.05, 3.63) is 76.6 Å². The van der Waals surface area contributed by atoms with Crippen molar-refractivity contribution in [3.63, 3.8) is 0 Å². The number of benzene rings is 1. The summed E-state index contributed by atoms with van der Waals surface area (Å²) in [5.74, 6) is 0.599. The first kappa shape index (κ1) is 15.0. The molecule has 3 aromatic rings. The van der Waals surface area contributed by atoms with Crippen molar-refractivity contribution >= 4 is 11.3 Å². The number of aliphatic hydroxyl groups excluding tert-OH is 1. The van der Waals surface area contributed by atoms with E-state index in [1.54, 1.807) is 29.7 Å². The van der Waals surface area contributed by atoms with Gasteiger partial charge in [0.15, 0.2) is 0 Å². The van der Waals surface area contributed by atoms with Crippen LogP contribution in [0.25, 0.3) is 0 Å². The van der Waals surface area contributed by atoms with Gasteiger partial charge in [0.1, 0.15) is 11.9 Å². The van der Waals surface area contributed by atoms with Gasteiger partial charge >= 0.3 is 0 Å². The molecule has 1 N–H and O–H groups in total. The number of hydrogen-bond donors (Lipinski definition) is 1. The summed E-state index contributed by atoms with van der Waals surface area (Å²) < 4.78 is 5.30. The van der Waals surface area contributed by atoms with Gasteiger partial charge in [-0.25, -0.2) is 0 Å². The Labute approximate surface area is 133 Å². The Hall–Kier alpha value is -1.95. The molecule has 2 heterocycles. The Morgan fingerprint density at radius 1 is 1.14 bits per heavy atom. The van der Waals surface area contributed by atoms with Gasteiger partial charge in [0.2, 0.25) is 0 Å². The van der Waals surface area contributed by atoms with Gasteiger partial charge in [-0.05, 0) is 17.7 Å². The third-order valence-electron chi connectivity index (χ3n) is 3.41. The van der Waals surface area contributed by atoms with E-state index in [1.807, 2.05) is 29.9 Å². The number of hydrogen-bond acceptors (Lipinski definition) is 5. The maximum atomic E-state index is 10.3. The van der Waals surface area contributed by atoms with Crippen molar-refractivity contribution in [3.8, 4) is 0 Å². The predicted octanol–water partition coefficient (Wildman–Crippen LogP) is 3.47. The van der Waals surface area contributed by atoms with Crippen LogP contribution in [0.5, 0.6) is 0 Å². The normalized spacial score (nSPS) is 12.6. The molecule has 3 rings (SSSR count). The summed E-state index contributed by atoms with van der Waals surface area (Å²) in [5, 5.41) is 10.3. The highest BCUT2D eigenvalue weighted by Gasteiger charge is 2.17. The lowest BCUT2D eigenvalue weighted by molar-refractivity contribution is 0.0877. The molecule has 0 saturated heterocycles. The van der Waals surface area contributed by atoms with E-state index in [4.69, 9.17) is 4.42 Å². The maximum Gasteiger partial charge on any atom is 0.133 e. The molecule has 0 spiro atoms. The Kier molecular flexibility index (Phi) is 5.00. The summed E-state index contributed by atoms with van der Waals surface area (Å²) >= 11 is 1.63. The predicted molar refractivity (Wildman–Crippen MR) is 86.3 cm³/mol. The molecule has 0 bridgehead atoms. The van der Waals surface area contributed by atoms with Crippen LogP contribution in [0.4, 0.5) is 0 Å². The van der Waals surface area contributed by atoms with E-state index in [0.717, 1.165) is 13.1 Å². The van der Waals surface area contributed by atoms with Crippen LogP contribution in [-0.2, 0) is 13.1 Å². The first-order valence-corrected chi connectivity index (χ1v) is 8.04. The molecule has 5 heteroatoms. The Morgan fingerprint density at radius 3 is 2.68 bits per heavy atom. The van der Waals surface area contributed by atoms with Gasteiger partial charge in [0, 0.05) is 30.7 Å². The smallest absolute Gasteiger partial charge is 0.133 e. The van der Waals surface area contributed by atoms with Crippen molar-refractivity contribution in [2.24, 2.45) is 0 Å². The molecule has 0 fully saturated rings. The van der Waals surface area contributed by atoms with Crippen LogP contribution in [-0.4, -0.2) is 21.5 Å². The molecule has 1 unspecified atom stereocenters. The lowest BCUT2D eigenvalue weighted by Gasteiger charge is -2.23. The van der Waals surface area contributed by atoms with Gasteiger partial charge in [-0.15, -0.1) is 11.3 Å². The van der Waals surface area contributed by atoms with E-state index in [-0.39, 0.29) is 0 Å². The number of furan rings is 1. The fraction of sp³-hybridized carbons (Fsp3) is 0.235. The second kappa shape index (κ2) is 7.35. The van der Waals surface area contributed by atoms with E-state index in [2.05, 4.69) is 22.0 Å². The highest BCUT2D eigenvalue weighted by atomic mass is 32.1. The average Bonchev–Trinajstić information content (AvgIpc) is 3.21. The Bertz CT molecular complexity index is 653. The largest absolute Gasteiger partial charge is 0.467 e. The molecular formula is C17H18N2O2S. The minimum Gasteiger partial charge on any atom is -0.467 e. The number of thiazole rings is 1. The van der Waals surface area contributed by atoms with Crippen molar-refractivity contribution in [1.29, 1.82) is 0 Å². The van der Waals surface area contributed by atoms with Gasteiger partial charge in [-0.2, -0.15) is 0 Å². The summed E-state index contributed by atoms with van der Waals surface area (Å²) in [6, 6.07) is 13.9. The van der Waals surface area contributed by atoms with Gasteiger partial charge in [-0.3, -0.25) is 9.88 Å². The molecule has 1 aromatic carbocycles. The first-order chi connectivity index (χ1) is 10.8. The second-order valence-corrected chi connectivity index (χ2v) is 6.13. The lowest BCUT2D eigenvalue weighted by atomic mass is 10.2. The fourth-order valence-corrected chi connectivity index (χ4v) is 3.02. The van der Waals surface area contributed by atoms with E-state index >= 15 is 0 Å². The third-order valence-corrected chi connectivity index (χ3v) is 4.18. The Balaban J connectivity index is 1.70. The van der Waals surface area contributed by atoms with Gasteiger partial charge < -0.3 is 9.52 Å². The molecule has 1 atom stereocenters. The molecule has 0 aliphatic heterocycles. The minimum absolute atomic E-state index is 0.514. The molecule has 0 aliphatic rings. The number of aromatic nitrogens is 1. The Morgan fingerprint density at radius 2 is 2.00 bits per heavy atom. The molecule has 0 saturated carbocycles. The molecular weight excluding hydrogens is 296 g/mol. The van der Waals surface area contributed by atoms with Crippen molar-refractivity contribution < 1.29 is 9.52 Å². The molecule has 114 valence electrons. The average molecular weight is 314 g/mol. The molecule has 22 heavy (non-hydrogen) atoms. The van der Waals surface area contributed by atoms with Gasteiger partial charge in [-0.1, -0.05) is 30.3 Å². The molecule has 2 aromatic heterocycles. The topological polar surface area (TPSA) is 49.5 Å². The highest BCUT2D eigenvalue weighted by molar-refractivity contribution is 7.09. The third kappa shape index (κ3) is 4.04. The molecule has 0 radical (unpaired) electrons. The van der Waals surface area contributed by atoms with Crippen LogP contribution in [0, 0.1) is 0 Å². The minimum atomic E-state index is -0.633. The summed E-state index contributed by atoms with van der Waals surface area (Å²) in [4.78, 5) is 7.51. The van der Waals surface area contributed by atoms with Gasteiger partial charge in [0.05, 0.1) is 11.8 Å². The summed E-state index contributed by atoms with van der Waals surface area (Å²) in [6.07, 6.45) is 2.83. The van der Waals surface area contributed by atoms with Gasteiger partial charge in [0.25, 0.3) is 0 Å². The van der Waals surface area contributed by atoms with E-state index in [9.17, 15) is 5.11 Å². The zero-order valence-corrected chi connectivity index (χ0v) is 12.9. The SMILES string of the molecule is OC(CN(Cc1ccccc1)Cc1cncs1)c1ccco1. The van der Waals surface area contributed by atoms with Crippen molar-refractivity contribution in [2.45, 2.75) is 19.2 Å². The van der Waals surface area contributed by atoms with Crippen molar-refractivity contribution in [2.75, 3.05) is 6.54 Å². The summed E-state index contributed by atoms with van der Waals surface area (Å²) in [7, 11) is 0. The monoisotopic (exact) mass is 314 g/mol. The fourth-order valence-electron chi connectivity index (χ4n) is 2.38. The molecule has 0 aliphatic carbocycles. The summed E-state index contributed by atoms with van der Waals surface area (Å²) in [6.45, 7) is 2.05. The van der Waals surface area contributed by atoms with Crippen LogP contribution in [0.15, 0.2) is 64.9 Å². The van der Waals surface area contributed by atoms with Crippen LogP contribution in [0.1, 0.15) is 22.3 Å². The zero-order chi connectivity index (χ0) is 15.2. The quantitative estimate of drug-likeness (QED) is 0.725. The number of rotatable bonds is 7. The summed E-state index contributed by atoms with van der Waals surface area (Å²) in [5.41, 5.74) is 3.05. The maximum absolute atomic E-state index is 10.3. The highest BCUT2D eigenvalue weighted by Crippen LogP contribution is 2.19. The first-order valence-electron chi connectivity index (χ1n) is 7.16. The zero-order valence-electron chi connectivity index (χ0n) is 12.1. The molecule has 0 amide bonds. The van der Waals surface area contributed by atoms with E-state index in [1.165, 1.54) is 10.4 Å². The van der Waals surface area contributed by atoms with Crippen LogP contribution in [0.3, 0.4) is 0 Å². The van der Waals surface area contributed by atoms with E-state index in [0.29, 0.717) is 12.3 Å². The number of nitrogens with zero attached hydrogens (tertiary/aromatic N) is 2. The molecule has 4 nitrogen and oxygen atoms in total.